The Bertz CT molecular complexity index is 753. The van der Waals surface area contributed by atoms with Crippen molar-refractivity contribution in [3.8, 4) is 17.2 Å². The van der Waals surface area contributed by atoms with Crippen molar-refractivity contribution < 1.29 is 19.0 Å². The van der Waals surface area contributed by atoms with Gasteiger partial charge in [-0.2, -0.15) is 0 Å². The van der Waals surface area contributed by atoms with Gasteiger partial charge in [0.2, 0.25) is 0 Å². The maximum Gasteiger partial charge on any atom is 0.255 e. The number of rotatable bonds is 7. The summed E-state index contributed by atoms with van der Waals surface area (Å²) in [5.74, 6) is 1.69. The second kappa shape index (κ2) is 8.61. The maximum atomic E-state index is 12.6. The molecule has 5 heteroatoms. The second-order valence-electron chi connectivity index (χ2n) is 6.27. The van der Waals surface area contributed by atoms with Gasteiger partial charge in [-0.3, -0.25) is 4.79 Å². The molecule has 1 N–H and O–H groups in total. The zero-order valence-corrected chi connectivity index (χ0v) is 15.3. The molecule has 26 heavy (non-hydrogen) atoms. The largest absolute Gasteiger partial charge is 0.493 e. The topological polar surface area (TPSA) is 56.8 Å². The van der Waals surface area contributed by atoms with Gasteiger partial charge in [-0.25, -0.2) is 0 Å². The van der Waals surface area contributed by atoms with Crippen LogP contribution in [0.1, 0.15) is 43.0 Å². The molecular weight excluding hydrogens is 330 g/mol. The molecule has 0 spiro atoms. The van der Waals surface area contributed by atoms with Gasteiger partial charge in [0.1, 0.15) is 5.75 Å². The molecule has 3 rings (SSSR count). The molecule has 2 aromatic rings. The standard InChI is InChI=1S/C21H25NO4/c1-3-25-18-11-7-6-10-17(18)22-21(23)15-12-13-19(20(14-15)24-2)26-16-8-4-5-9-16/h6-7,10-14,16H,3-5,8-9H2,1-2H3,(H,22,23). The van der Waals surface area contributed by atoms with E-state index in [-0.39, 0.29) is 12.0 Å². The highest BCUT2D eigenvalue weighted by Gasteiger charge is 2.19. The lowest BCUT2D eigenvalue weighted by molar-refractivity contribution is 0.102. The average molecular weight is 355 g/mol. The Balaban J connectivity index is 1.75. The number of methoxy groups -OCH3 is 1. The molecule has 2 aromatic carbocycles. The van der Waals surface area contributed by atoms with E-state index in [9.17, 15) is 4.79 Å². The van der Waals surface area contributed by atoms with E-state index < -0.39 is 0 Å². The molecule has 0 aromatic heterocycles. The van der Waals surface area contributed by atoms with Gasteiger partial charge in [-0.15, -0.1) is 0 Å². The highest BCUT2D eigenvalue weighted by Crippen LogP contribution is 2.33. The third kappa shape index (κ3) is 4.28. The lowest BCUT2D eigenvalue weighted by Crippen LogP contribution is -2.14. The van der Waals surface area contributed by atoms with Crippen LogP contribution >= 0.6 is 0 Å². The SMILES string of the molecule is CCOc1ccccc1NC(=O)c1ccc(OC2CCCC2)c(OC)c1. The summed E-state index contributed by atoms with van der Waals surface area (Å²) in [6.07, 6.45) is 4.78. The predicted octanol–water partition coefficient (Wildman–Crippen LogP) is 4.67. The molecule has 1 amide bonds. The smallest absolute Gasteiger partial charge is 0.255 e. The Morgan fingerprint density at radius 3 is 2.58 bits per heavy atom. The first-order valence-corrected chi connectivity index (χ1v) is 9.09. The molecule has 138 valence electrons. The van der Waals surface area contributed by atoms with Gasteiger partial charge < -0.3 is 19.5 Å². The third-order valence-corrected chi connectivity index (χ3v) is 4.46. The van der Waals surface area contributed by atoms with Gasteiger partial charge in [-0.05, 0) is 62.9 Å². The molecule has 0 unspecified atom stereocenters. The van der Waals surface area contributed by atoms with Crippen LogP contribution in [0.4, 0.5) is 5.69 Å². The molecule has 0 atom stereocenters. The summed E-state index contributed by atoms with van der Waals surface area (Å²) in [5.41, 5.74) is 1.15. The van der Waals surface area contributed by atoms with Crippen LogP contribution in [-0.2, 0) is 0 Å². The van der Waals surface area contributed by atoms with Crippen LogP contribution in [0, 0.1) is 0 Å². The van der Waals surface area contributed by atoms with Crippen LogP contribution in [0.25, 0.3) is 0 Å². The number of anilines is 1. The van der Waals surface area contributed by atoms with E-state index in [2.05, 4.69) is 5.32 Å². The summed E-state index contributed by atoms with van der Waals surface area (Å²) >= 11 is 0. The van der Waals surface area contributed by atoms with Crippen LogP contribution in [0.15, 0.2) is 42.5 Å². The van der Waals surface area contributed by atoms with Crippen LogP contribution in [0.3, 0.4) is 0 Å². The number of carbonyl (C=O) groups is 1. The monoisotopic (exact) mass is 355 g/mol. The fourth-order valence-electron chi connectivity index (χ4n) is 3.14. The van der Waals surface area contributed by atoms with Gasteiger partial charge in [-0.1, -0.05) is 12.1 Å². The van der Waals surface area contributed by atoms with Crippen LogP contribution in [0.5, 0.6) is 17.2 Å². The highest BCUT2D eigenvalue weighted by molar-refractivity contribution is 6.05. The third-order valence-electron chi connectivity index (χ3n) is 4.46. The van der Waals surface area contributed by atoms with Gasteiger partial charge in [0.25, 0.3) is 5.91 Å². The Labute approximate surface area is 154 Å². The average Bonchev–Trinajstić information content (AvgIpc) is 3.17. The van der Waals surface area contributed by atoms with Crippen LogP contribution in [-0.4, -0.2) is 25.7 Å². The van der Waals surface area contributed by atoms with Gasteiger partial charge >= 0.3 is 0 Å². The number of hydrogen-bond donors (Lipinski definition) is 1. The lowest BCUT2D eigenvalue weighted by Gasteiger charge is -2.17. The minimum Gasteiger partial charge on any atom is -0.493 e. The molecule has 0 aliphatic heterocycles. The summed E-state index contributed by atoms with van der Waals surface area (Å²) in [6.45, 7) is 2.44. The maximum absolute atomic E-state index is 12.6. The van der Waals surface area contributed by atoms with Crippen molar-refractivity contribution in [3.05, 3.63) is 48.0 Å². The van der Waals surface area contributed by atoms with E-state index in [1.165, 1.54) is 12.8 Å². The van der Waals surface area contributed by atoms with E-state index in [0.717, 1.165) is 12.8 Å². The molecule has 5 nitrogen and oxygen atoms in total. The normalized spacial score (nSPS) is 14.1. The Morgan fingerprint density at radius 1 is 1.08 bits per heavy atom. The van der Waals surface area contributed by atoms with Gasteiger partial charge in [0.15, 0.2) is 11.5 Å². The Hall–Kier alpha value is -2.69. The number of nitrogens with one attached hydrogen (secondary N) is 1. The molecule has 1 saturated carbocycles. The lowest BCUT2D eigenvalue weighted by atomic mass is 10.1. The fraction of sp³-hybridized carbons (Fsp3) is 0.381. The number of para-hydroxylation sites is 2. The van der Waals surface area contributed by atoms with E-state index in [4.69, 9.17) is 14.2 Å². The molecule has 0 radical (unpaired) electrons. The van der Waals surface area contributed by atoms with Crippen molar-refractivity contribution in [3.63, 3.8) is 0 Å². The molecule has 1 fully saturated rings. The van der Waals surface area contributed by atoms with Crippen molar-refractivity contribution in [2.75, 3.05) is 19.0 Å². The molecular formula is C21H25NO4. The van der Waals surface area contributed by atoms with Crippen molar-refractivity contribution >= 4 is 11.6 Å². The number of benzene rings is 2. The van der Waals surface area contributed by atoms with E-state index in [1.807, 2.05) is 31.2 Å². The van der Waals surface area contributed by atoms with Gasteiger partial charge in [0.05, 0.1) is 25.5 Å². The van der Waals surface area contributed by atoms with Crippen molar-refractivity contribution in [1.82, 2.24) is 0 Å². The van der Waals surface area contributed by atoms with E-state index in [1.54, 1.807) is 25.3 Å². The first kappa shape index (κ1) is 18.1. The molecule has 0 saturated heterocycles. The molecule has 0 heterocycles. The summed E-state index contributed by atoms with van der Waals surface area (Å²) in [7, 11) is 1.59. The summed E-state index contributed by atoms with van der Waals surface area (Å²) in [4.78, 5) is 12.6. The number of carbonyl (C=O) groups excluding carboxylic acids is 1. The Kier molecular flexibility index (Phi) is 6.00. The van der Waals surface area contributed by atoms with Crippen LogP contribution in [0.2, 0.25) is 0 Å². The predicted molar refractivity (Wildman–Crippen MR) is 101 cm³/mol. The van der Waals surface area contributed by atoms with E-state index >= 15 is 0 Å². The second-order valence-corrected chi connectivity index (χ2v) is 6.27. The molecule has 0 bridgehead atoms. The summed E-state index contributed by atoms with van der Waals surface area (Å²) in [5, 5.41) is 2.90. The van der Waals surface area contributed by atoms with Crippen LogP contribution < -0.4 is 19.5 Å². The first-order chi connectivity index (χ1) is 12.7. The quantitative estimate of drug-likeness (QED) is 0.784. The van der Waals surface area contributed by atoms with Gasteiger partial charge in [0, 0.05) is 5.56 Å². The minimum atomic E-state index is -0.220. The van der Waals surface area contributed by atoms with Crippen molar-refractivity contribution in [2.24, 2.45) is 0 Å². The minimum absolute atomic E-state index is 0.220. The highest BCUT2D eigenvalue weighted by atomic mass is 16.5. The number of hydrogen-bond acceptors (Lipinski definition) is 4. The van der Waals surface area contributed by atoms with Crippen molar-refractivity contribution in [2.45, 2.75) is 38.7 Å². The number of ether oxygens (including phenoxy) is 3. The number of amides is 1. The van der Waals surface area contributed by atoms with Crippen molar-refractivity contribution in [1.29, 1.82) is 0 Å². The van der Waals surface area contributed by atoms with E-state index in [0.29, 0.717) is 35.1 Å². The molecule has 1 aliphatic rings. The summed E-state index contributed by atoms with van der Waals surface area (Å²) in [6, 6.07) is 12.7. The first-order valence-electron chi connectivity index (χ1n) is 9.09. The zero-order chi connectivity index (χ0) is 18.4. The summed E-state index contributed by atoms with van der Waals surface area (Å²) < 4.78 is 17.0. The fourth-order valence-corrected chi connectivity index (χ4v) is 3.14. The zero-order valence-electron chi connectivity index (χ0n) is 15.3. The Morgan fingerprint density at radius 2 is 1.85 bits per heavy atom. The molecule has 1 aliphatic carbocycles.